The molecular formula is C12H10F3IN2O3. The van der Waals surface area contributed by atoms with Crippen LogP contribution in [0.5, 0.6) is 0 Å². The average Bonchev–Trinajstić information content (AvgIpc) is 2.73. The number of carbonyl (C=O) groups is 1. The van der Waals surface area contributed by atoms with E-state index in [1.165, 1.54) is 11.8 Å². The summed E-state index contributed by atoms with van der Waals surface area (Å²) in [5.41, 5.74) is -1.00. The Morgan fingerprint density at radius 2 is 2.05 bits per heavy atom. The second-order valence-corrected chi connectivity index (χ2v) is 5.14. The van der Waals surface area contributed by atoms with Gasteiger partial charge < -0.3 is 9.47 Å². The van der Waals surface area contributed by atoms with Crippen LogP contribution in [-0.4, -0.2) is 30.0 Å². The number of carbonyl (C=O) groups excluding carboxylic acids is 1. The van der Waals surface area contributed by atoms with Crippen molar-refractivity contribution in [3.63, 3.8) is 0 Å². The van der Waals surface area contributed by atoms with Gasteiger partial charge in [-0.2, -0.15) is 18.3 Å². The summed E-state index contributed by atoms with van der Waals surface area (Å²) in [5.74, 6) is -0.871. The van der Waals surface area contributed by atoms with Gasteiger partial charge in [-0.15, -0.1) is 0 Å². The van der Waals surface area contributed by atoms with Crippen molar-refractivity contribution in [1.82, 2.24) is 9.78 Å². The molecule has 0 spiro atoms. The summed E-state index contributed by atoms with van der Waals surface area (Å²) in [4.78, 5) is 11.7. The van der Waals surface area contributed by atoms with Crippen molar-refractivity contribution in [2.75, 3.05) is 14.2 Å². The Kier molecular flexibility index (Phi) is 4.42. The maximum atomic E-state index is 12.9. The number of fused-ring (bicyclic) bond motifs is 1. The summed E-state index contributed by atoms with van der Waals surface area (Å²) in [5, 5.41) is 4.34. The molecule has 0 saturated carbocycles. The van der Waals surface area contributed by atoms with Gasteiger partial charge in [0.2, 0.25) is 0 Å². The number of hydrogen-bond acceptors (Lipinski definition) is 4. The van der Waals surface area contributed by atoms with Gasteiger partial charge in [-0.25, -0.2) is 9.48 Å². The van der Waals surface area contributed by atoms with Crippen LogP contribution in [0.3, 0.4) is 0 Å². The van der Waals surface area contributed by atoms with Gasteiger partial charge in [0.15, 0.2) is 0 Å². The Balaban J connectivity index is 2.78. The summed E-state index contributed by atoms with van der Waals surface area (Å²) in [7, 11) is 2.54. The molecule has 114 valence electrons. The van der Waals surface area contributed by atoms with Crippen molar-refractivity contribution in [1.29, 1.82) is 0 Å². The molecule has 2 aromatic rings. The van der Waals surface area contributed by atoms with Gasteiger partial charge in [0.05, 0.1) is 18.2 Å². The van der Waals surface area contributed by atoms with Crippen LogP contribution in [0.4, 0.5) is 13.2 Å². The van der Waals surface area contributed by atoms with E-state index in [0.717, 1.165) is 19.2 Å². The zero-order valence-electron chi connectivity index (χ0n) is 11.0. The largest absolute Gasteiger partial charge is 0.465 e. The number of ether oxygens (including phenoxy) is 2. The van der Waals surface area contributed by atoms with Crippen LogP contribution >= 0.6 is 22.6 Å². The summed E-state index contributed by atoms with van der Waals surface area (Å²) in [6.45, 7) is 0.0644. The molecule has 0 bridgehead atoms. The quantitative estimate of drug-likeness (QED) is 0.573. The molecule has 21 heavy (non-hydrogen) atoms. The third-order valence-electron chi connectivity index (χ3n) is 2.76. The molecule has 1 heterocycles. The van der Waals surface area contributed by atoms with Crippen molar-refractivity contribution in [3.05, 3.63) is 27.0 Å². The number of alkyl halides is 3. The molecule has 2 rings (SSSR count). The van der Waals surface area contributed by atoms with Gasteiger partial charge in [-0.05, 0) is 34.7 Å². The van der Waals surface area contributed by atoms with E-state index in [4.69, 9.17) is 4.74 Å². The zero-order chi connectivity index (χ0) is 15.8. The molecule has 0 aliphatic carbocycles. The molecule has 0 amide bonds. The number of esters is 1. The summed E-state index contributed by atoms with van der Waals surface area (Å²) < 4.78 is 50.1. The van der Waals surface area contributed by atoms with Gasteiger partial charge in [-0.3, -0.25) is 0 Å². The molecule has 0 radical (unpaired) electrons. The van der Waals surface area contributed by atoms with Crippen LogP contribution < -0.4 is 0 Å². The number of methoxy groups -OCH3 is 2. The first kappa shape index (κ1) is 16.0. The number of benzene rings is 1. The molecule has 1 aromatic heterocycles. The molecule has 0 atom stereocenters. The molecule has 1 aromatic carbocycles. The molecule has 0 saturated heterocycles. The lowest BCUT2D eigenvalue weighted by atomic mass is 10.1. The highest BCUT2D eigenvalue weighted by Crippen LogP contribution is 2.34. The Bertz CT molecular complexity index is 697. The maximum absolute atomic E-state index is 12.9. The number of hydrogen-bond donors (Lipinski definition) is 0. The lowest BCUT2D eigenvalue weighted by Gasteiger charge is -2.08. The summed E-state index contributed by atoms with van der Waals surface area (Å²) in [6.07, 6.45) is -4.57. The number of aromatic nitrogens is 2. The van der Waals surface area contributed by atoms with E-state index in [2.05, 4.69) is 9.84 Å². The number of nitrogens with zero attached hydrogens (tertiary/aromatic N) is 2. The fourth-order valence-electron chi connectivity index (χ4n) is 1.84. The lowest BCUT2D eigenvalue weighted by Crippen LogP contribution is -2.09. The maximum Gasteiger partial charge on any atom is 0.416 e. The number of halogens is 4. The molecular weight excluding hydrogens is 404 g/mol. The monoisotopic (exact) mass is 414 g/mol. The van der Waals surface area contributed by atoms with Crippen molar-refractivity contribution in [2.24, 2.45) is 0 Å². The van der Waals surface area contributed by atoms with Gasteiger partial charge in [0, 0.05) is 12.5 Å². The van der Waals surface area contributed by atoms with Crippen LogP contribution in [0.1, 0.15) is 15.9 Å². The second kappa shape index (κ2) is 5.79. The van der Waals surface area contributed by atoms with Crippen molar-refractivity contribution >= 4 is 39.5 Å². The minimum atomic E-state index is -4.57. The molecule has 0 fully saturated rings. The van der Waals surface area contributed by atoms with Crippen LogP contribution in [0.15, 0.2) is 12.1 Å². The van der Waals surface area contributed by atoms with Gasteiger partial charge in [0.25, 0.3) is 0 Å². The predicted molar refractivity (Wildman–Crippen MR) is 75.8 cm³/mol. The van der Waals surface area contributed by atoms with Gasteiger partial charge in [-0.1, -0.05) is 0 Å². The van der Waals surface area contributed by atoms with Crippen LogP contribution in [0.25, 0.3) is 10.9 Å². The topological polar surface area (TPSA) is 53.4 Å². The zero-order valence-corrected chi connectivity index (χ0v) is 13.2. The third kappa shape index (κ3) is 2.98. The van der Waals surface area contributed by atoms with Crippen molar-refractivity contribution in [3.8, 4) is 0 Å². The van der Waals surface area contributed by atoms with Crippen molar-refractivity contribution < 1.29 is 27.4 Å². The van der Waals surface area contributed by atoms with E-state index >= 15 is 0 Å². The number of rotatable bonds is 3. The van der Waals surface area contributed by atoms with E-state index in [1.807, 2.05) is 22.6 Å². The van der Waals surface area contributed by atoms with E-state index in [0.29, 0.717) is 3.70 Å². The SMILES string of the molecule is COCn1nc2c(C(=O)OC)cc(C(F)(F)F)cc2c1I. The van der Waals surface area contributed by atoms with Crippen molar-refractivity contribution in [2.45, 2.75) is 12.9 Å². The molecule has 0 N–H and O–H groups in total. The highest BCUT2D eigenvalue weighted by atomic mass is 127. The first-order valence-corrected chi connectivity index (χ1v) is 6.72. The third-order valence-corrected chi connectivity index (χ3v) is 3.90. The highest BCUT2D eigenvalue weighted by molar-refractivity contribution is 14.1. The van der Waals surface area contributed by atoms with Crippen LogP contribution in [0, 0.1) is 3.70 Å². The highest BCUT2D eigenvalue weighted by Gasteiger charge is 2.33. The van der Waals surface area contributed by atoms with E-state index in [-0.39, 0.29) is 23.2 Å². The average molecular weight is 414 g/mol. The lowest BCUT2D eigenvalue weighted by molar-refractivity contribution is -0.137. The minimum Gasteiger partial charge on any atom is -0.465 e. The first-order valence-electron chi connectivity index (χ1n) is 5.64. The smallest absolute Gasteiger partial charge is 0.416 e. The van der Waals surface area contributed by atoms with Crippen LogP contribution in [0.2, 0.25) is 0 Å². The van der Waals surface area contributed by atoms with Gasteiger partial charge >= 0.3 is 12.1 Å². The Hall–Kier alpha value is -1.36. The molecule has 9 heteroatoms. The van der Waals surface area contributed by atoms with Gasteiger partial charge in [0.1, 0.15) is 15.9 Å². The predicted octanol–water partition coefficient (Wildman–Crippen LogP) is 3.05. The van der Waals surface area contributed by atoms with E-state index < -0.39 is 17.7 Å². The normalized spacial score (nSPS) is 11.9. The Morgan fingerprint density at radius 3 is 2.57 bits per heavy atom. The standard InChI is InChI=1S/C12H10F3IN2O3/c1-20-5-18-10(16)7-3-6(12(13,14)15)4-8(9(7)17-18)11(19)21-2/h3-4H,5H2,1-2H3. The molecule has 0 aliphatic rings. The molecule has 0 aliphatic heterocycles. The first-order chi connectivity index (χ1) is 9.79. The minimum absolute atomic E-state index is 0.0644. The fourth-order valence-corrected chi connectivity index (χ4v) is 2.50. The van der Waals surface area contributed by atoms with E-state index in [9.17, 15) is 18.0 Å². The summed E-state index contributed by atoms with van der Waals surface area (Å²) >= 11 is 1.86. The van der Waals surface area contributed by atoms with Crippen LogP contribution in [-0.2, 0) is 22.4 Å². The Morgan fingerprint density at radius 1 is 1.38 bits per heavy atom. The molecule has 0 unspecified atom stereocenters. The Labute approximate surface area is 131 Å². The summed E-state index contributed by atoms with van der Waals surface area (Å²) in [6, 6.07) is 1.71. The van der Waals surface area contributed by atoms with E-state index in [1.54, 1.807) is 0 Å². The fraction of sp³-hybridized carbons (Fsp3) is 0.333. The molecule has 5 nitrogen and oxygen atoms in total. The second-order valence-electron chi connectivity index (χ2n) is 4.12.